The van der Waals surface area contributed by atoms with Gasteiger partial charge in [0.05, 0.1) is 20.3 Å². The molecule has 5 radical (unpaired) electrons. The summed E-state index contributed by atoms with van der Waals surface area (Å²) in [4.78, 5) is 56.4. The molecule has 3 aromatic rings. The van der Waals surface area contributed by atoms with Crippen molar-refractivity contribution >= 4 is 39.9 Å². The van der Waals surface area contributed by atoms with Gasteiger partial charge in [0.25, 0.3) is 0 Å². The predicted octanol–water partition coefficient (Wildman–Crippen LogP) is 10.3. The Bertz CT molecular complexity index is 2280. The van der Waals surface area contributed by atoms with E-state index in [2.05, 4.69) is 21.3 Å². The molecule has 4 atom stereocenters. The minimum atomic E-state index is -10.7. The third-order valence-corrected chi connectivity index (χ3v) is 14.8. The van der Waals surface area contributed by atoms with Gasteiger partial charge in [-0.1, -0.05) is 32.9 Å². The number of benzene rings is 3. The van der Waals surface area contributed by atoms with Crippen molar-refractivity contribution in [2.24, 2.45) is 0 Å². The van der Waals surface area contributed by atoms with Gasteiger partial charge in [-0.05, 0) is 131 Å². The fraction of sp³-hybridized carbons (Fsp3) is 0.400. The summed E-state index contributed by atoms with van der Waals surface area (Å²) in [6.45, 7) is 16.7. The number of ether oxygens (including phenoxy) is 4. The summed E-state index contributed by atoms with van der Waals surface area (Å²) in [7, 11) is -9.31. The minimum absolute atomic E-state index is 0. The second-order valence-electron chi connectivity index (χ2n) is 18.0. The van der Waals surface area contributed by atoms with Crippen molar-refractivity contribution in [1.82, 2.24) is 21.3 Å². The molecular formula is C45H59F6N4O11PRuSi+. The van der Waals surface area contributed by atoms with E-state index in [-0.39, 0.29) is 70.1 Å². The van der Waals surface area contributed by atoms with E-state index in [4.69, 9.17) is 23.4 Å². The molecule has 6 N–H and O–H groups in total. The molecule has 0 saturated heterocycles. The number of fused-ring (bicyclic) bond motifs is 9. The molecule has 2 aliphatic heterocycles. The van der Waals surface area contributed by atoms with Gasteiger partial charge < -0.3 is 54.9 Å². The van der Waals surface area contributed by atoms with Crippen LogP contribution in [0.2, 0.25) is 18.1 Å². The van der Waals surface area contributed by atoms with Gasteiger partial charge in [-0.25, -0.2) is 4.79 Å². The molecule has 4 bridgehead atoms. The molecule has 1 fully saturated rings. The number of amides is 4. The number of methoxy groups -OCH3 is 2. The summed E-state index contributed by atoms with van der Waals surface area (Å²) in [5, 5.41) is 32.3. The Morgan fingerprint density at radius 2 is 1.29 bits per heavy atom. The average Bonchev–Trinajstić information content (AvgIpc) is 3.79. The first kappa shape index (κ1) is 60.3. The van der Waals surface area contributed by atoms with Crippen LogP contribution >= 0.6 is 7.81 Å². The number of halogens is 6. The summed E-state index contributed by atoms with van der Waals surface area (Å²) >= 11 is 0. The molecule has 0 unspecified atom stereocenters. The maximum absolute atomic E-state index is 14.9. The minimum Gasteiger partial charge on any atom is -0.0312 e. The Kier molecular flexibility index (Phi) is 19.6. The normalized spacial score (nSPS) is 19.7. The molecule has 3 aromatic carbocycles. The van der Waals surface area contributed by atoms with Gasteiger partial charge in [0.1, 0.15) is 41.0 Å². The van der Waals surface area contributed by atoms with Gasteiger partial charge in [-0.15, -0.1) is 0 Å². The number of alkyl carbamates (subject to hydrolysis) is 1. The molecule has 0 aromatic heterocycles. The quantitative estimate of drug-likeness (QED) is 0.0747. The van der Waals surface area contributed by atoms with Crippen molar-refractivity contribution in [3.05, 3.63) is 103 Å². The van der Waals surface area contributed by atoms with Gasteiger partial charge in [0.15, 0.2) is 19.8 Å². The van der Waals surface area contributed by atoms with Crippen LogP contribution in [0, 0.1) is 39.0 Å². The number of carbonyl (C=O) groups excluding carboxylic acids is 4. The van der Waals surface area contributed by atoms with Gasteiger partial charge in [0.2, 0.25) is 23.5 Å². The molecule has 15 nitrogen and oxygen atoms in total. The number of hydrogen-bond acceptors (Lipinski definition) is 11. The molecule has 24 heteroatoms. The van der Waals surface area contributed by atoms with Crippen LogP contribution in [0.4, 0.5) is 30.0 Å². The predicted molar refractivity (Wildman–Crippen MR) is 246 cm³/mol. The van der Waals surface area contributed by atoms with Gasteiger partial charge in [-0.2, -0.15) is 0 Å². The van der Waals surface area contributed by atoms with Gasteiger partial charge in [0, 0.05) is 12.6 Å². The van der Waals surface area contributed by atoms with Crippen LogP contribution in [-0.2, 0) is 43.0 Å². The molecule has 2 heterocycles. The summed E-state index contributed by atoms with van der Waals surface area (Å²) in [6.07, 6.45) is 7.94. The molecule has 383 valence electrons. The van der Waals surface area contributed by atoms with Crippen LogP contribution in [0.3, 0.4) is 0 Å². The topological polar surface area (TPSA) is 203 Å². The van der Waals surface area contributed by atoms with E-state index in [1.54, 1.807) is 52.0 Å². The second-order valence-corrected chi connectivity index (χ2v) is 24.6. The number of hydrogen-bond donors (Lipinski definition) is 6. The van der Waals surface area contributed by atoms with Crippen LogP contribution in [0.15, 0.2) is 48.5 Å². The van der Waals surface area contributed by atoms with Gasteiger partial charge in [-0.3, -0.25) is 14.4 Å². The fourth-order valence-electron chi connectivity index (χ4n) is 6.04. The van der Waals surface area contributed by atoms with E-state index in [0.29, 0.717) is 11.1 Å². The standard InChI is InChI=1S/C40H54N4O11Si.C5H5.F6P.Ru/c1-21-26(45)17-23(19-28(21)51-9)31-36(48)42-30(35(47)41-8)24-18-27(46)34(52-10)29(20-24)53-25-15-13-22(14-16-25)33(55-56(11,12)40(5,6)7)32(37(49)43-31)44-38(50)54-39(2,3)4;1-2-4-5-3-1;1-7(2,3,4,5)6;/h13-20,30-33,45-46H,1-12H3,(H,41,47)(H,42,48)(H,43,49)(H,44,50);1-5H;;/q;;-1;+2/t30-,31+,32-,33-;;;/m0.../s1. The maximum atomic E-state index is 14.9. The fourth-order valence-corrected chi connectivity index (χ4v) is 7.30. The molecular weight excluding hydrogens is 1050 g/mol. The van der Waals surface area contributed by atoms with Crippen molar-refractivity contribution in [2.75, 3.05) is 21.3 Å². The zero-order valence-corrected chi connectivity index (χ0v) is 43.6. The summed E-state index contributed by atoms with van der Waals surface area (Å²) in [5.41, 5.74) is 0.0975. The van der Waals surface area contributed by atoms with E-state index in [9.17, 15) is 54.6 Å². The average molecular weight is 1110 g/mol. The number of phenolic OH excluding ortho intramolecular Hbond substituents is 2. The Morgan fingerprint density at radius 3 is 1.75 bits per heavy atom. The van der Waals surface area contributed by atoms with E-state index in [1.807, 2.05) is 66.0 Å². The van der Waals surface area contributed by atoms with Crippen LogP contribution in [-0.4, -0.2) is 75.3 Å². The number of aromatic hydroxyl groups is 2. The zero-order chi connectivity index (χ0) is 51.9. The van der Waals surface area contributed by atoms with Crippen molar-refractivity contribution < 1.29 is 97.4 Å². The molecule has 6 rings (SSSR count). The first-order valence-corrected chi connectivity index (χ1v) is 25.7. The molecule has 4 amide bonds. The largest absolute Gasteiger partial charge is 2.00 e. The number of rotatable bonds is 7. The van der Waals surface area contributed by atoms with Crippen LogP contribution < -0.4 is 35.5 Å². The van der Waals surface area contributed by atoms with Crippen LogP contribution in [0.25, 0.3) is 0 Å². The molecule has 1 saturated carbocycles. The SMILES string of the molecule is CNC(=O)[C@H]1NC(=O)[C@@H](c2cc(O)c(C)c(OC)c2)NC(=O)[C@@H](NC(=O)OC(C)(C)C)[C@@H](O[Si](C)(C)C(C)(C)C)c2ccc(cc2)Oc2cc1cc(O)c2OC.F[P-](F)(F)(F)(F)F.[CH]1[CH][CH][CH][CH]1.[Ru+2]. The number of likely N-dealkylation sites (N-methyl/N-ethyl adjacent to an activating group) is 1. The molecule has 0 spiro atoms. The molecule has 3 aliphatic rings. The monoisotopic (exact) mass is 1110 g/mol. The first-order chi connectivity index (χ1) is 30.9. The number of carbonyl (C=O) groups is 4. The number of nitrogens with one attached hydrogen (secondary N) is 4. The van der Waals surface area contributed by atoms with E-state index in [1.165, 1.54) is 45.5 Å². The zero-order valence-electron chi connectivity index (χ0n) is 40.0. The number of phenols is 2. The Labute approximate surface area is 412 Å². The Hall–Kier alpha value is -4.85. The smallest absolute Gasteiger partial charge is 0.0312 e. The van der Waals surface area contributed by atoms with Crippen LogP contribution in [0.1, 0.15) is 82.0 Å². The maximum Gasteiger partial charge on any atom is 2.00 e. The summed E-state index contributed by atoms with van der Waals surface area (Å²) in [6, 6.07) is 7.47. The van der Waals surface area contributed by atoms with E-state index in [0.717, 1.165) is 0 Å². The third-order valence-electron chi connectivity index (χ3n) is 10.3. The van der Waals surface area contributed by atoms with Crippen molar-refractivity contribution in [3.63, 3.8) is 0 Å². The van der Waals surface area contributed by atoms with Crippen LogP contribution in [0.5, 0.6) is 34.5 Å². The van der Waals surface area contributed by atoms with E-state index < -0.39 is 69.8 Å². The Balaban J connectivity index is 0.00000110. The van der Waals surface area contributed by atoms with Crippen molar-refractivity contribution in [1.29, 1.82) is 0 Å². The van der Waals surface area contributed by atoms with Gasteiger partial charge >= 0.3 is 58.6 Å². The molecule has 69 heavy (non-hydrogen) atoms. The summed E-state index contributed by atoms with van der Waals surface area (Å²) in [5.74, 6) is -2.55. The summed E-state index contributed by atoms with van der Waals surface area (Å²) < 4.78 is 88.8. The van der Waals surface area contributed by atoms with Crippen molar-refractivity contribution in [2.45, 2.75) is 96.4 Å². The second kappa shape index (κ2) is 22.5. The van der Waals surface area contributed by atoms with Crippen molar-refractivity contribution in [3.8, 4) is 34.5 Å². The van der Waals surface area contributed by atoms with E-state index >= 15 is 0 Å². The molecule has 1 aliphatic carbocycles. The Morgan fingerprint density at radius 1 is 0.768 bits per heavy atom. The third kappa shape index (κ3) is 19.1. The first-order valence-electron chi connectivity index (χ1n) is 20.7.